The van der Waals surface area contributed by atoms with E-state index in [1.54, 1.807) is 0 Å². The molecule has 0 aromatic heterocycles. The van der Waals surface area contributed by atoms with E-state index in [-0.39, 0.29) is 0 Å². The lowest BCUT2D eigenvalue weighted by molar-refractivity contribution is 0.358. The highest BCUT2D eigenvalue weighted by Crippen LogP contribution is 2.38. The summed E-state index contributed by atoms with van der Waals surface area (Å²) in [6, 6.07) is 1.16. The van der Waals surface area contributed by atoms with Crippen LogP contribution in [-0.4, -0.2) is 23.9 Å². The van der Waals surface area contributed by atoms with Gasteiger partial charge in [-0.25, -0.2) is 0 Å². The molecular formula is C22H39N2P. The first kappa shape index (κ1) is 20.7. The summed E-state index contributed by atoms with van der Waals surface area (Å²) in [4.78, 5) is 0. The normalized spacial score (nSPS) is 29.2. The smallest absolute Gasteiger partial charge is 0.0292 e. The Morgan fingerprint density at radius 1 is 1.32 bits per heavy atom. The largest absolute Gasteiger partial charge is 0.402 e. The van der Waals surface area contributed by atoms with Crippen molar-refractivity contribution >= 4 is 8.58 Å². The number of nitrogens with one attached hydrogen (secondary N) is 1. The second-order valence-corrected chi connectivity index (χ2v) is 9.41. The lowest BCUT2D eigenvalue weighted by Crippen LogP contribution is -2.39. The third kappa shape index (κ3) is 6.91. The van der Waals surface area contributed by atoms with Gasteiger partial charge in [0.1, 0.15) is 0 Å². The predicted molar refractivity (Wildman–Crippen MR) is 115 cm³/mol. The van der Waals surface area contributed by atoms with Gasteiger partial charge in [0.05, 0.1) is 0 Å². The highest BCUT2D eigenvalue weighted by Gasteiger charge is 2.31. The Hall–Kier alpha value is -0.590. The van der Waals surface area contributed by atoms with Crippen LogP contribution in [0, 0.1) is 5.92 Å². The van der Waals surface area contributed by atoms with Gasteiger partial charge in [0.2, 0.25) is 0 Å². The van der Waals surface area contributed by atoms with Crippen molar-refractivity contribution in [1.29, 1.82) is 0 Å². The SMILES string of the molecule is CC/C=C(/N)CCCCCCC(C1C=C(C)C(C)N1)C1CC=CCP1. The van der Waals surface area contributed by atoms with E-state index >= 15 is 0 Å². The molecule has 2 aliphatic heterocycles. The van der Waals surface area contributed by atoms with Crippen LogP contribution in [0.2, 0.25) is 0 Å². The van der Waals surface area contributed by atoms with Crippen molar-refractivity contribution in [2.45, 2.75) is 89.9 Å². The fourth-order valence-corrected chi connectivity index (χ4v) is 5.74. The van der Waals surface area contributed by atoms with E-state index in [1.165, 1.54) is 50.3 Å². The molecule has 0 aromatic carbocycles. The van der Waals surface area contributed by atoms with Crippen LogP contribution in [0.5, 0.6) is 0 Å². The standard InChI is InChI=1S/C22H39N2P/c1-4-11-19(23)12-7-5-6-8-13-20(22-14-9-10-15-25-22)21-16-17(2)18(3)24-21/h9-11,16,18,20-22,24-25H,4-8,12-15,23H2,1-3H3/b19-11+. The maximum Gasteiger partial charge on any atom is 0.0292 e. The second kappa shape index (κ2) is 11.2. The molecule has 3 N–H and O–H groups in total. The van der Waals surface area contributed by atoms with Gasteiger partial charge in [0, 0.05) is 17.8 Å². The van der Waals surface area contributed by atoms with Crippen LogP contribution < -0.4 is 11.1 Å². The van der Waals surface area contributed by atoms with E-state index in [0.29, 0.717) is 12.1 Å². The van der Waals surface area contributed by atoms with Crippen molar-refractivity contribution in [2.24, 2.45) is 11.7 Å². The summed E-state index contributed by atoms with van der Waals surface area (Å²) in [5.74, 6) is 0.813. The summed E-state index contributed by atoms with van der Waals surface area (Å²) >= 11 is 0. The zero-order valence-corrected chi connectivity index (χ0v) is 17.6. The van der Waals surface area contributed by atoms with E-state index in [4.69, 9.17) is 5.73 Å². The molecule has 2 aliphatic rings. The van der Waals surface area contributed by atoms with Crippen molar-refractivity contribution in [3.63, 3.8) is 0 Å². The molecule has 142 valence electrons. The summed E-state index contributed by atoms with van der Waals surface area (Å²) in [5, 5.41) is 3.85. The van der Waals surface area contributed by atoms with Crippen LogP contribution >= 0.6 is 8.58 Å². The van der Waals surface area contributed by atoms with Crippen LogP contribution in [0.3, 0.4) is 0 Å². The maximum atomic E-state index is 5.99. The van der Waals surface area contributed by atoms with Gasteiger partial charge < -0.3 is 11.1 Å². The molecule has 0 amide bonds. The van der Waals surface area contributed by atoms with Gasteiger partial charge in [0.25, 0.3) is 0 Å². The molecule has 0 radical (unpaired) electrons. The third-order valence-corrected chi connectivity index (χ3v) is 7.48. The molecule has 0 bridgehead atoms. The molecule has 0 fully saturated rings. The zero-order valence-electron chi connectivity index (χ0n) is 16.6. The number of unbranched alkanes of at least 4 members (excludes halogenated alkanes) is 3. The lowest BCUT2D eigenvalue weighted by atomic mass is 9.88. The van der Waals surface area contributed by atoms with Gasteiger partial charge >= 0.3 is 0 Å². The summed E-state index contributed by atoms with van der Waals surface area (Å²) in [7, 11) is 1.11. The highest BCUT2D eigenvalue weighted by atomic mass is 31.1. The van der Waals surface area contributed by atoms with E-state index in [2.05, 4.69) is 50.4 Å². The zero-order chi connectivity index (χ0) is 18.1. The first-order chi connectivity index (χ1) is 12.1. The van der Waals surface area contributed by atoms with Crippen LogP contribution in [0.15, 0.2) is 35.6 Å². The van der Waals surface area contributed by atoms with Crippen LogP contribution in [0.25, 0.3) is 0 Å². The molecule has 3 heteroatoms. The second-order valence-electron chi connectivity index (χ2n) is 7.85. The molecule has 5 atom stereocenters. The molecule has 0 spiro atoms. The number of allylic oxidation sites excluding steroid dienone is 4. The van der Waals surface area contributed by atoms with E-state index in [0.717, 1.165) is 38.7 Å². The predicted octanol–water partition coefficient (Wildman–Crippen LogP) is 5.51. The minimum Gasteiger partial charge on any atom is -0.402 e. The first-order valence-corrected chi connectivity index (χ1v) is 11.7. The minimum atomic E-state index is 0.559. The average molecular weight is 363 g/mol. The number of hydrogen-bond acceptors (Lipinski definition) is 2. The molecule has 0 saturated carbocycles. The fourth-order valence-electron chi connectivity index (χ4n) is 4.16. The highest BCUT2D eigenvalue weighted by molar-refractivity contribution is 7.39. The van der Waals surface area contributed by atoms with Crippen molar-refractivity contribution < 1.29 is 0 Å². The molecule has 0 aliphatic carbocycles. The van der Waals surface area contributed by atoms with E-state index in [9.17, 15) is 0 Å². The summed E-state index contributed by atoms with van der Waals surface area (Å²) in [6.07, 6.45) is 20.9. The average Bonchev–Trinajstić information content (AvgIpc) is 2.94. The van der Waals surface area contributed by atoms with Gasteiger partial charge in [-0.05, 0) is 63.7 Å². The quantitative estimate of drug-likeness (QED) is 0.305. The van der Waals surface area contributed by atoms with Crippen molar-refractivity contribution in [2.75, 3.05) is 6.16 Å². The van der Waals surface area contributed by atoms with E-state index in [1.807, 2.05) is 0 Å². The first-order valence-electron chi connectivity index (χ1n) is 10.4. The fraction of sp³-hybridized carbons (Fsp3) is 0.727. The molecule has 2 heterocycles. The number of rotatable bonds is 10. The Balaban J connectivity index is 1.77. The topological polar surface area (TPSA) is 38.0 Å². The Bertz CT molecular complexity index is 480. The Labute approximate surface area is 157 Å². The summed E-state index contributed by atoms with van der Waals surface area (Å²) < 4.78 is 0. The lowest BCUT2D eigenvalue weighted by Gasteiger charge is -2.33. The molecule has 5 unspecified atom stereocenters. The van der Waals surface area contributed by atoms with Crippen LogP contribution in [0.1, 0.15) is 72.1 Å². The molecule has 0 saturated heterocycles. The molecule has 2 nitrogen and oxygen atoms in total. The maximum absolute atomic E-state index is 5.99. The third-order valence-electron chi connectivity index (χ3n) is 5.82. The molecule has 0 aromatic rings. The van der Waals surface area contributed by atoms with Gasteiger partial charge in [-0.2, -0.15) is 0 Å². The molecule has 2 rings (SSSR count). The van der Waals surface area contributed by atoms with Crippen molar-refractivity contribution in [1.82, 2.24) is 5.32 Å². The van der Waals surface area contributed by atoms with Gasteiger partial charge in [0.15, 0.2) is 0 Å². The number of hydrogen-bond donors (Lipinski definition) is 2. The number of nitrogens with two attached hydrogens (primary N) is 1. The summed E-state index contributed by atoms with van der Waals surface area (Å²) in [5.41, 5.74) is 9.50. The van der Waals surface area contributed by atoms with Crippen LogP contribution in [-0.2, 0) is 0 Å². The molecular weight excluding hydrogens is 323 g/mol. The monoisotopic (exact) mass is 362 g/mol. The Kier molecular flexibility index (Phi) is 9.28. The van der Waals surface area contributed by atoms with Gasteiger partial charge in [-0.1, -0.05) is 56.1 Å². The summed E-state index contributed by atoms with van der Waals surface area (Å²) in [6.45, 7) is 6.74. The molecule has 25 heavy (non-hydrogen) atoms. The minimum absolute atomic E-state index is 0.559. The Morgan fingerprint density at radius 2 is 2.12 bits per heavy atom. The van der Waals surface area contributed by atoms with Crippen molar-refractivity contribution in [3.05, 3.63) is 35.6 Å². The Morgan fingerprint density at radius 3 is 2.76 bits per heavy atom. The van der Waals surface area contributed by atoms with Gasteiger partial charge in [-0.15, -0.1) is 8.58 Å². The van der Waals surface area contributed by atoms with Crippen molar-refractivity contribution in [3.8, 4) is 0 Å². The van der Waals surface area contributed by atoms with Gasteiger partial charge in [-0.3, -0.25) is 0 Å². The van der Waals surface area contributed by atoms with E-state index < -0.39 is 0 Å². The van der Waals surface area contributed by atoms with Crippen LogP contribution in [0.4, 0.5) is 0 Å².